The lowest BCUT2D eigenvalue weighted by atomic mass is 10.1. The van der Waals surface area contributed by atoms with E-state index in [2.05, 4.69) is 10.6 Å². The van der Waals surface area contributed by atoms with Gasteiger partial charge in [-0.25, -0.2) is 13.2 Å². The topological polar surface area (TPSA) is 61.4 Å². The molecule has 2 aromatic rings. The molecule has 0 aliphatic carbocycles. The zero-order valence-corrected chi connectivity index (χ0v) is 14.3. The molecule has 0 atom stereocenters. The Labute approximate surface area is 148 Å². The van der Waals surface area contributed by atoms with E-state index in [4.69, 9.17) is 0 Å². The van der Waals surface area contributed by atoms with Crippen LogP contribution in [0.2, 0.25) is 0 Å². The summed E-state index contributed by atoms with van der Waals surface area (Å²) in [6.45, 7) is 1.09. The van der Waals surface area contributed by atoms with E-state index in [1.165, 1.54) is 24.3 Å². The van der Waals surface area contributed by atoms with E-state index >= 15 is 0 Å². The first-order chi connectivity index (χ1) is 12.3. The number of benzene rings is 2. The first-order valence-electron chi connectivity index (χ1n) is 7.77. The van der Waals surface area contributed by atoms with Gasteiger partial charge < -0.3 is 15.5 Å². The van der Waals surface area contributed by atoms with Crippen molar-refractivity contribution in [1.82, 2.24) is 10.2 Å². The highest BCUT2D eigenvalue weighted by Crippen LogP contribution is 2.20. The van der Waals surface area contributed by atoms with Gasteiger partial charge in [-0.3, -0.25) is 9.59 Å². The van der Waals surface area contributed by atoms with Crippen molar-refractivity contribution in [2.75, 3.05) is 32.5 Å². The van der Waals surface area contributed by atoms with Crippen LogP contribution in [0.25, 0.3) is 0 Å². The zero-order valence-electron chi connectivity index (χ0n) is 14.3. The van der Waals surface area contributed by atoms with Crippen LogP contribution in [0.4, 0.5) is 18.9 Å². The zero-order chi connectivity index (χ0) is 19.3. The lowest BCUT2D eigenvalue weighted by Crippen LogP contribution is -2.31. The van der Waals surface area contributed by atoms with Crippen LogP contribution in [0.1, 0.15) is 20.7 Å². The molecule has 2 N–H and O–H groups in total. The van der Waals surface area contributed by atoms with E-state index in [0.717, 1.165) is 6.07 Å². The summed E-state index contributed by atoms with van der Waals surface area (Å²) in [5.41, 5.74) is -0.161. The fourth-order valence-corrected chi connectivity index (χ4v) is 2.11. The van der Waals surface area contributed by atoms with Crippen molar-refractivity contribution in [1.29, 1.82) is 0 Å². The molecule has 0 aromatic heterocycles. The summed E-state index contributed by atoms with van der Waals surface area (Å²) in [7, 11) is 3.74. The smallest absolute Gasteiger partial charge is 0.255 e. The predicted octanol–water partition coefficient (Wildman–Crippen LogP) is 2.65. The van der Waals surface area contributed by atoms with Gasteiger partial charge in [-0.15, -0.1) is 0 Å². The van der Waals surface area contributed by atoms with Crippen LogP contribution in [0.3, 0.4) is 0 Å². The van der Waals surface area contributed by atoms with Crippen LogP contribution < -0.4 is 10.6 Å². The Morgan fingerprint density at radius 2 is 1.62 bits per heavy atom. The van der Waals surface area contributed by atoms with Crippen molar-refractivity contribution < 1.29 is 22.8 Å². The number of nitrogens with zero attached hydrogens (tertiary/aromatic N) is 1. The van der Waals surface area contributed by atoms with E-state index in [1.807, 2.05) is 19.0 Å². The standard InChI is InChI=1S/C18H18F3N3O2/c1-24(2)9-8-22-17(25)11-4-3-5-12(10-11)18(26)23-14-7-6-13(19)15(20)16(14)21/h3-7,10H,8-9H2,1-2H3,(H,22,25)(H,23,26). The number of carbonyl (C=O) groups excluding carboxylic acids is 2. The number of amides is 2. The molecule has 0 saturated carbocycles. The largest absolute Gasteiger partial charge is 0.351 e. The van der Waals surface area contributed by atoms with E-state index in [-0.39, 0.29) is 17.0 Å². The Bertz CT molecular complexity index is 825. The normalized spacial score (nSPS) is 10.7. The summed E-state index contributed by atoms with van der Waals surface area (Å²) in [6, 6.07) is 7.41. The molecular formula is C18H18F3N3O2. The molecular weight excluding hydrogens is 347 g/mol. The van der Waals surface area contributed by atoms with Crippen LogP contribution in [0.15, 0.2) is 36.4 Å². The van der Waals surface area contributed by atoms with Gasteiger partial charge in [0.2, 0.25) is 0 Å². The SMILES string of the molecule is CN(C)CCNC(=O)c1cccc(C(=O)Nc2ccc(F)c(F)c2F)c1. The second kappa shape index (κ2) is 8.48. The molecule has 0 unspecified atom stereocenters. The molecule has 2 amide bonds. The van der Waals surface area contributed by atoms with Crippen molar-refractivity contribution in [3.63, 3.8) is 0 Å². The number of likely N-dealkylation sites (N-methyl/N-ethyl adjacent to an activating group) is 1. The number of rotatable bonds is 6. The maximum atomic E-state index is 13.7. The second-order valence-electron chi connectivity index (χ2n) is 5.82. The fraction of sp³-hybridized carbons (Fsp3) is 0.222. The molecule has 0 bridgehead atoms. The summed E-state index contributed by atoms with van der Waals surface area (Å²) in [5, 5.41) is 4.87. The maximum absolute atomic E-state index is 13.7. The third kappa shape index (κ3) is 4.82. The number of nitrogens with one attached hydrogen (secondary N) is 2. The van der Waals surface area contributed by atoms with Crippen LogP contribution in [0, 0.1) is 17.5 Å². The Morgan fingerprint density at radius 3 is 2.27 bits per heavy atom. The monoisotopic (exact) mass is 365 g/mol. The third-order valence-electron chi connectivity index (χ3n) is 3.51. The van der Waals surface area contributed by atoms with Gasteiger partial charge in [-0.2, -0.15) is 0 Å². The van der Waals surface area contributed by atoms with Gasteiger partial charge in [0.1, 0.15) is 0 Å². The van der Waals surface area contributed by atoms with Gasteiger partial charge in [-0.1, -0.05) is 6.07 Å². The molecule has 0 saturated heterocycles. The summed E-state index contributed by atoms with van der Waals surface area (Å²) < 4.78 is 39.8. The molecule has 8 heteroatoms. The van der Waals surface area contributed by atoms with Crippen LogP contribution >= 0.6 is 0 Å². The summed E-state index contributed by atoms with van der Waals surface area (Å²) in [6.07, 6.45) is 0. The van der Waals surface area contributed by atoms with E-state index < -0.39 is 29.0 Å². The van der Waals surface area contributed by atoms with Crippen LogP contribution in [0.5, 0.6) is 0 Å². The number of halogens is 3. The molecule has 5 nitrogen and oxygen atoms in total. The van der Waals surface area contributed by atoms with Gasteiger partial charge >= 0.3 is 0 Å². The molecule has 0 heterocycles. The lowest BCUT2D eigenvalue weighted by molar-refractivity contribution is 0.0951. The molecule has 2 aromatic carbocycles. The Kier molecular flexibility index (Phi) is 6.35. The third-order valence-corrected chi connectivity index (χ3v) is 3.51. The summed E-state index contributed by atoms with van der Waals surface area (Å²) >= 11 is 0. The molecule has 0 aliphatic rings. The minimum absolute atomic E-state index is 0.0781. The predicted molar refractivity (Wildman–Crippen MR) is 91.6 cm³/mol. The first kappa shape index (κ1) is 19.5. The molecule has 0 aliphatic heterocycles. The Hall–Kier alpha value is -2.87. The van der Waals surface area contributed by atoms with E-state index in [9.17, 15) is 22.8 Å². The first-order valence-corrected chi connectivity index (χ1v) is 7.77. The lowest BCUT2D eigenvalue weighted by Gasteiger charge is -2.11. The van der Waals surface area contributed by atoms with E-state index in [0.29, 0.717) is 19.2 Å². The number of carbonyl (C=O) groups is 2. The van der Waals surface area contributed by atoms with Crippen LogP contribution in [-0.2, 0) is 0 Å². The van der Waals surface area contributed by atoms with Crippen molar-refractivity contribution in [3.05, 3.63) is 65.0 Å². The number of anilines is 1. The van der Waals surface area contributed by atoms with Gasteiger partial charge in [0.05, 0.1) is 5.69 Å². The highest BCUT2D eigenvalue weighted by atomic mass is 19.2. The van der Waals surface area contributed by atoms with Crippen molar-refractivity contribution in [2.24, 2.45) is 0 Å². The van der Waals surface area contributed by atoms with Gasteiger partial charge in [-0.05, 0) is 44.4 Å². The average molecular weight is 365 g/mol. The van der Waals surface area contributed by atoms with Gasteiger partial charge in [0, 0.05) is 24.2 Å². The highest BCUT2D eigenvalue weighted by Gasteiger charge is 2.16. The highest BCUT2D eigenvalue weighted by molar-refractivity contribution is 6.06. The van der Waals surface area contributed by atoms with E-state index in [1.54, 1.807) is 0 Å². The van der Waals surface area contributed by atoms with Crippen LogP contribution in [-0.4, -0.2) is 43.9 Å². The Morgan fingerprint density at radius 1 is 0.962 bits per heavy atom. The maximum Gasteiger partial charge on any atom is 0.255 e. The van der Waals surface area contributed by atoms with Crippen molar-refractivity contribution in [2.45, 2.75) is 0 Å². The molecule has 2 rings (SSSR count). The molecule has 26 heavy (non-hydrogen) atoms. The molecule has 0 spiro atoms. The quantitative estimate of drug-likeness (QED) is 0.774. The summed E-state index contributed by atoms with van der Waals surface area (Å²) in [5.74, 6) is -5.62. The second-order valence-corrected chi connectivity index (χ2v) is 5.82. The molecule has 138 valence electrons. The molecule has 0 fully saturated rings. The average Bonchev–Trinajstić information content (AvgIpc) is 2.62. The summed E-state index contributed by atoms with van der Waals surface area (Å²) in [4.78, 5) is 26.2. The van der Waals surface area contributed by atoms with Gasteiger partial charge in [0.25, 0.3) is 11.8 Å². The minimum atomic E-state index is -1.67. The molecule has 0 radical (unpaired) electrons. The minimum Gasteiger partial charge on any atom is -0.351 e. The number of hydrogen-bond donors (Lipinski definition) is 2. The number of hydrogen-bond acceptors (Lipinski definition) is 3. The van der Waals surface area contributed by atoms with Crippen molar-refractivity contribution in [3.8, 4) is 0 Å². The fourth-order valence-electron chi connectivity index (χ4n) is 2.11. The Balaban J connectivity index is 2.11. The van der Waals surface area contributed by atoms with Crippen molar-refractivity contribution >= 4 is 17.5 Å². The van der Waals surface area contributed by atoms with Gasteiger partial charge in [0.15, 0.2) is 17.5 Å².